The number of aryl methyl sites for hydroxylation is 1. The minimum atomic E-state index is 0.00339. The van der Waals surface area contributed by atoms with Crippen LogP contribution in [0.3, 0.4) is 0 Å². The van der Waals surface area contributed by atoms with Crippen molar-refractivity contribution in [2.45, 2.75) is 38.6 Å². The van der Waals surface area contributed by atoms with Crippen molar-refractivity contribution >= 4 is 5.91 Å². The number of hydrogen-bond acceptors (Lipinski definition) is 3. The van der Waals surface area contributed by atoms with Crippen LogP contribution in [0.2, 0.25) is 0 Å². The van der Waals surface area contributed by atoms with Gasteiger partial charge in [0.2, 0.25) is 0 Å². The van der Waals surface area contributed by atoms with Crippen molar-refractivity contribution in [3.8, 4) is 0 Å². The van der Waals surface area contributed by atoms with E-state index in [1.807, 2.05) is 12.1 Å². The Labute approximate surface area is 131 Å². The van der Waals surface area contributed by atoms with E-state index in [2.05, 4.69) is 17.2 Å². The number of carbonyl (C=O) groups excluding carboxylic acids is 1. The van der Waals surface area contributed by atoms with E-state index in [-0.39, 0.29) is 11.9 Å². The van der Waals surface area contributed by atoms with Gasteiger partial charge in [-0.25, -0.2) is 0 Å². The first-order valence-electron chi connectivity index (χ1n) is 8.42. The summed E-state index contributed by atoms with van der Waals surface area (Å²) in [6.45, 7) is 5.22. The molecule has 1 amide bonds. The third kappa shape index (κ3) is 3.52. The van der Waals surface area contributed by atoms with Gasteiger partial charge in [0.25, 0.3) is 5.91 Å². The van der Waals surface area contributed by atoms with Crippen LogP contribution in [-0.4, -0.2) is 43.4 Å². The number of amides is 1. The molecule has 1 aromatic rings. The number of aromatic nitrogens is 1. The number of H-pyrrole nitrogens is 1. The lowest BCUT2D eigenvalue weighted by Gasteiger charge is -2.38. The molecule has 2 atom stereocenters. The normalized spacial score (nSPS) is 26.8. The van der Waals surface area contributed by atoms with Crippen molar-refractivity contribution in [2.75, 3.05) is 26.4 Å². The Morgan fingerprint density at radius 1 is 1.23 bits per heavy atom. The number of aromatic amines is 1. The largest absolute Gasteiger partial charge is 0.381 e. The van der Waals surface area contributed by atoms with Gasteiger partial charge in [0.1, 0.15) is 5.69 Å². The quantitative estimate of drug-likeness (QED) is 0.896. The van der Waals surface area contributed by atoms with Crippen molar-refractivity contribution in [1.29, 1.82) is 0 Å². The Hall–Kier alpha value is -1.33. The van der Waals surface area contributed by atoms with Gasteiger partial charge >= 0.3 is 0 Å². The van der Waals surface area contributed by atoms with Crippen LogP contribution in [0.4, 0.5) is 0 Å². The number of ether oxygens (including phenoxy) is 2. The van der Waals surface area contributed by atoms with Gasteiger partial charge in [-0.2, -0.15) is 0 Å². The SMILES string of the molecule is CCc1ccc(C(=O)N[C@@H]2CCOC[C@@H]2C2CCOCC2)[nH]1. The lowest BCUT2D eigenvalue weighted by molar-refractivity contribution is -0.0259. The summed E-state index contributed by atoms with van der Waals surface area (Å²) >= 11 is 0. The lowest BCUT2D eigenvalue weighted by atomic mass is 9.79. The predicted octanol–water partition coefficient (Wildman–Crippen LogP) is 2.14. The highest BCUT2D eigenvalue weighted by Gasteiger charge is 2.34. The molecule has 0 aliphatic carbocycles. The second-order valence-electron chi connectivity index (χ2n) is 6.31. The fourth-order valence-electron chi connectivity index (χ4n) is 3.57. The van der Waals surface area contributed by atoms with Crippen molar-refractivity contribution in [2.24, 2.45) is 11.8 Å². The average Bonchev–Trinajstić information content (AvgIpc) is 3.05. The first-order valence-corrected chi connectivity index (χ1v) is 8.42. The van der Waals surface area contributed by atoms with Gasteiger partial charge in [-0.3, -0.25) is 4.79 Å². The molecule has 1 aromatic heterocycles. The molecule has 0 radical (unpaired) electrons. The minimum Gasteiger partial charge on any atom is -0.381 e. The van der Waals surface area contributed by atoms with Crippen LogP contribution in [0.15, 0.2) is 12.1 Å². The monoisotopic (exact) mass is 306 g/mol. The van der Waals surface area contributed by atoms with E-state index in [9.17, 15) is 4.79 Å². The van der Waals surface area contributed by atoms with Crippen molar-refractivity contribution in [3.05, 3.63) is 23.5 Å². The van der Waals surface area contributed by atoms with Gasteiger partial charge in [-0.15, -0.1) is 0 Å². The van der Waals surface area contributed by atoms with E-state index in [0.29, 0.717) is 17.5 Å². The van der Waals surface area contributed by atoms with Gasteiger partial charge in [-0.05, 0) is 43.7 Å². The smallest absolute Gasteiger partial charge is 0.267 e. The Balaban J connectivity index is 1.64. The lowest BCUT2D eigenvalue weighted by Crippen LogP contribution is -2.49. The molecule has 0 spiro atoms. The van der Waals surface area contributed by atoms with Crippen LogP contribution in [0, 0.1) is 11.8 Å². The molecule has 122 valence electrons. The molecule has 2 aliphatic heterocycles. The molecule has 2 aliphatic rings. The third-order valence-corrected chi connectivity index (χ3v) is 4.96. The summed E-state index contributed by atoms with van der Waals surface area (Å²) in [5.74, 6) is 1.00. The molecule has 22 heavy (non-hydrogen) atoms. The molecule has 5 heteroatoms. The Morgan fingerprint density at radius 2 is 2.00 bits per heavy atom. The molecule has 0 unspecified atom stereocenters. The molecule has 2 fully saturated rings. The van der Waals surface area contributed by atoms with E-state index in [1.54, 1.807) is 0 Å². The summed E-state index contributed by atoms with van der Waals surface area (Å²) in [6.07, 6.45) is 3.95. The van der Waals surface area contributed by atoms with E-state index in [4.69, 9.17) is 9.47 Å². The van der Waals surface area contributed by atoms with E-state index < -0.39 is 0 Å². The molecule has 3 rings (SSSR count). The minimum absolute atomic E-state index is 0.00339. The molecule has 0 bridgehead atoms. The molecular weight excluding hydrogens is 280 g/mol. The fraction of sp³-hybridized carbons (Fsp3) is 0.706. The first-order chi connectivity index (χ1) is 10.8. The first kappa shape index (κ1) is 15.6. The number of hydrogen-bond donors (Lipinski definition) is 2. The molecule has 0 saturated carbocycles. The van der Waals surface area contributed by atoms with E-state index in [1.165, 1.54) is 0 Å². The number of nitrogens with one attached hydrogen (secondary N) is 2. The summed E-state index contributed by atoms with van der Waals surface area (Å²) in [6, 6.07) is 4.06. The van der Waals surface area contributed by atoms with Crippen molar-refractivity contribution < 1.29 is 14.3 Å². The number of rotatable bonds is 4. The summed E-state index contributed by atoms with van der Waals surface area (Å²) in [5.41, 5.74) is 1.76. The summed E-state index contributed by atoms with van der Waals surface area (Å²) < 4.78 is 11.1. The van der Waals surface area contributed by atoms with Gasteiger partial charge in [0.15, 0.2) is 0 Å². The Kier molecular flexibility index (Phi) is 5.16. The van der Waals surface area contributed by atoms with Crippen LogP contribution < -0.4 is 5.32 Å². The topological polar surface area (TPSA) is 63.4 Å². The predicted molar refractivity (Wildman–Crippen MR) is 83.9 cm³/mol. The highest BCUT2D eigenvalue weighted by atomic mass is 16.5. The molecule has 0 aromatic carbocycles. The summed E-state index contributed by atoms with van der Waals surface area (Å²) in [7, 11) is 0. The van der Waals surface area contributed by atoms with E-state index >= 15 is 0 Å². The van der Waals surface area contributed by atoms with Crippen LogP contribution in [0.1, 0.15) is 42.4 Å². The van der Waals surface area contributed by atoms with Gasteiger partial charge in [0, 0.05) is 37.5 Å². The van der Waals surface area contributed by atoms with E-state index in [0.717, 1.165) is 57.8 Å². The van der Waals surface area contributed by atoms with Crippen LogP contribution in [-0.2, 0) is 15.9 Å². The van der Waals surface area contributed by atoms with Crippen LogP contribution >= 0.6 is 0 Å². The second-order valence-corrected chi connectivity index (χ2v) is 6.31. The zero-order valence-corrected chi connectivity index (χ0v) is 13.3. The zero-order chi connectivity index (χ0) is 15.4. The molecular formula is C17H26N2O3. The van der Waals surface area contributed by atoms with Gasteiger partial charge in [0.05, 0.1) is 6.61 Å². The summed E-state index contributed by atoms with van der Waals surface area (Å²) in [5, 5.41) is 3.23. The maximum absolute atomic E-state index is 12.5. The molecule has 2 saturated heterocycles. The molecule has 5 nitrogen and oxygen atoms in total. The summed E-state index contributed by atoms with van der Waals surface area (Å²) in [4.78, 5) is 15.6. The third-order valence-electron chi connectivity index (χ3n) is 4.96. The Morgan fingerprint density at radius 3 is 2.73 bits per heavy atom. The van der Waals surface area contributed by atoms with Crippen LogP contribution in [0.25, 0.3) is 0 Å². The highest BCUT2D eigenvalue weighted by Crippen LogP contribution is 2.30. The van der Waals surface area contributed by atoms with Crippen LogP contribution in [0.5, 0.6) is 0 Å². The van der Waals surface area contributed by atoms with Gasteiger partial charge in [-0.1, -0.05) is 6.92 Å². The Bertz CT molecular complexity index is 494. The van der Waals surface area contributed by atoms with Gasteiger partial charge < -0.3 is 19.8 Å². The second kappa shape index (κ2) is 7.29. The molecule has 3 heterocycles. The highest BCUT2D eigenvalue weighted by molar-refractivity contribution is 5.92. The van der Waals surface area contributed by atoms with Crippen molar-refractivity contribution in [1.82, 2.24) is 10.3 Å². The molecule has 2 N–H and O–H groups in total. The van der Waals surface area contributed by atoms with Crippen molar-refractivity contribution in [3.63, 3.8) is 0 Å². The maximum Gasteiger partial charge on any atom is 0.267 e. The fourth-order valence-corrected chi connectivity index (χ4v) is 3.57. The number of carbonyl (C=O) groups is 1. The average molecular weight is 306 g/mol. The standard InChI is InChI=1S/C17H26N2O3/c1-2-13-3-4-16(18-13)17(20)19-15-7-10-22-11-14(15)12-5-8-21-9-6-12/h3-4,12,14-15,18H,2,5-11H2,1H3,(H,19,20)/t14-,15-/m1/s1. The maximum atomic E-state index is 12.5. The zero-order valence-electron chi connectivity index (χ0n) is 13.3.